The average Bonchev–Trinajstić information content (AvgIpc) is 2.70. The molecule has 1 saturated heterocycles. The maximum absolute atomic E-state index is 10.7. The fourth-order valence-corrected chi connectivity index (χ4v) is 1.81. The first kappa shape index (κ1) is 11.2. The molecule has 1 unspecified atom stereocenters. The van der Waals surface area contributed by atoms with Gasteiger partial charge < -0.3 is 15.2 Å². The SMILES string of the molecule is O=C(O)C1C[C@H](Oc2ccc(Cl)cc2)CN1. The molecule has 86 valence electrons. The molecular weight excluding hydrogens is 230 g/mol. The molecule has 1 aliphatic rings. The first-order valence-corrected chi connectivity index (χ1v) is 5.41. The summed E-state index contributed by atoms with van der Waals surface area (Å²) in [6, 6.07) is 6.53. The minimum atomic E-state index is -0.831. The summed E-state index contributed by atoms with van der Waals surface area (Å²) in [6.45, 7) is 0.555. The highest BCUT2D eigenvalue weighted by Crippen LogP contribution is 2.19. The van der Waals surface area contributed by atoms with E-state index in [1.54, 1.807) is 24.3 Å². The van der Waals surface area contributed by atoms with Crippen molar-refractivity contribution in [2.24, 2.45) is 0 Å². The van der Waals surface area contributed by atoms with Crippen LogP contribution in [0.2, 0.25) is 5.02 Å². The number of hydrogen-bond acceptors (Lipinski definition) is 3. The molecule has 1 aromatic carbocycles. The van der Waals surface area contributed by atoms with Crippen LogP contribution in [0, 0.1) is 0 Å². The minimum absolute atomic E-state index is 0.0951. The second kappa shape index (κ2) is 4.72. The van der Waals surface area contributed by atoms with E-state index in [1.807, 2.05) is 0 Å². The Labute approximate surface area is 98.2 Å². The number of hydrogen-bond donors (Lipinski definition) is 2. The largest absolute Gasteiger partial charge is 0.489 e. The Morgan fingerprint density at radius 1 is 1.44 bits per heavy atom. The Bertz CT molecular complexity index is 379. The Morgan fingerprint density at radius 3 is 2.69 bits per heavy atom. The second-order valence-electron chi connectivity index (χ2n) is 3.73. The van der Waals surface area contributed by atoms with E-state index in [1.165, 1.54) is 0 Å². The van der Waals surface area contributed by atoms with Crippen LogP contribution in [0.15, 0.2) is 24.3 Å². The van der Waals surface area contributed by atoms with E-state index in [4.69, 9.17) is 21.4 Å². The molecule has 0 bridgehead atoms. The number of carboxylic acid groups (broad SMARTS) is 1. The van der Waals surface area contributed by atoms with Gasteiger partial charge in [0.15, 0.2) is 0 Å². The summed E-state index contributed by atoms with van der Waals surface area (Å²) in [5.41, 5.74) is 0. The van der Waals surface area contributed by atoms with Gasteiger partial charge in [-0.2, -0.15) is 0 Å². The molecular formula is C11H12ClNO3. The maximum Gasteiger partial charge on any atom is 0.320 e. The van der Waals surface area contributed by atoms with Gasteiger partial charge in [0, 0.05) is 18.0 Å². The maximum atomic E-state index is 10.7. The van der Waals surface area contributed by atoms with Crippen molar-refractivity contribution >= 4 is 17.6 Å². The van der Waals surface area contributed by atoms with E-state index in [0.29, 0.717) is 23.7 Å². The van der Waals surface area contributed by atoms with E-state index >= 15 is 0 Å². The Morgan fingerprint density at radius 2 is 2.12 bits per heavy atom. The zero-order valence-electron chi connectivity index (χ0n) is 8.52. The van der Waals surface area contributed by atoms with Gasteiger partial charge in [-0.15, -0.1) is 0 Å². The number of ether oxygens (including phenoxy) is 1. The Hall–Kier alpha value is -1.26. The molecule has 5 heteroatoms. The topological polar surface area (TPSA) is 58.6 Å². The summed E-state index contributed by atoms with van der Waals surface area (Å²) in [5.74, 6) is -0.121. The van der Waals surface area contributed by atoms with Crippen molar-refractivity contribution in [1.82, 2.24) is 5.32 Å². The number of benzene rings is 1. The van der Waals surface area contributed by atoms with Gasteiger partial charge in [0.05, 0.1) is 0 Å². The number of rotatable bonds is 3. The molecule has 1 fully saturated rings. The predicted octanol–water partition coefficient (Wildman–Crippen LogP) is 1.53. The van der Waals surface area contributed by atoms with Gasteiger partial charge in [0.25, 0.3) is 0 Å². The quantitative estimate of drug-likeness (QED) is 0.843. The molecule has 0 aliphatic carbocycles. The number of nitrogens with one attached hydrogen (secondary N) is 1. The van der Waals surface area contributed by atoms with E-state index in [9.17, 15) is 4.79 Å². The van der Waals surface area contributed by atoms with Crippen molar-refractivity contribution in [2.45, 2.75) is 18.6 Å². The third kappa shape index (κ3) is 2.65. The first-order valence-electron chi connectivity index (χ1n) is 5.03. The van der Waals surface area contributed by atoms with Crippen molar-refractivity contribution in [3.8, 4) is 5.75 Å². The molecule has 1 aliphatic heterocycles. The summed E-state index contributed by atoms with van der Waals surface area (Å²) < 4.78 is 5.63. The minimum Gasteiger partial charge on any atom is -0.489 e. The molecule has 1 heterocycles. The Balaban J connectivity index is 1.92. The number of halogens is 1. The molecule has 16 heavy (non-hydrogen) atoms. The van der Waals surface area contributed by atoms with Crippen LogP contribution in [-0.4, -0.2) is 29.8 Å². The molecule has 2 N–H and O–H groups in total. The van der Waals surface area contributed by atoms with Crippen LogP contribution < -0.4 is 10.1 Å². The predicted molar refractivity (Wildman–Crippen MR) is 59.9 cm³/mol. The molecule has 1 aromatic rings. The van der Waals surface area contributed by atoms with Crippen LogP contribution >= 0.6 is 11.6 Å². The van der Waals surface area contributed by atoms with Crippen molar-refractivity contribution in [3.63, 3.8) is 0 Å². The highest BCUT2D eigenvalue weighted by atomic mass is 35.5. The summed E-state index contributed by atoms with van der Waals surface area (Å²) in [6.07, 6.45) is 0.389. The molecule has 2 atom stereocenters. The van der Waals surface area contributed by atoms with Crippen LogP contribution in [0.4, 0.5) is 0 Å². The van der Waals surface area contributed by atoms with Gasteiger partial charge in [-0.25, -0.2) is 0 Å². The third-order valence-electron chi connectivity index (χ3n) is 2.50. The lowest BCUT2D eigenvalue weighted by Gasteiger charge is -2.12. The summed E-state index contributed by atoms with van der Waals surface area (Å²) in [4.78, 5) is 10.7. The van der Waals surface area contributed by atoms with Crippen molar-refractivity contribution in [3.05, 3.63) is 29.3 Å². The highest BCUT2D eigenvalue weighted by molar-refractivity contribution is 6.30. The summed E-state index contributed by atoms with van der Waals surface area (Å²) in [5, 5.41) is 12.3. The zero-order valence-corrected chi connectivity index (χ0v) is 9.28. The van der Waals surface area contributed by atoms with Gasteiger partial charge in [-0.3, -0.25) is 4.79 Å². The van der Waals surface area contributed by atoms with Crippen LogP contribution in [0.25, 0.3) is 0 Å². The van der Waals surface area contributed by atoms with Gasteiger partial charge in [0.2, 0.25) is 0 Å². The summed E-state index contributed by atoms with van der Waals surface area (Å²) in [7, 11) is 0. The fraction of sp³-hybridized carbons (Fsp3) is 0.364. The van der Waals surface area contributed by atoms with Gasteiger partial charge in [-0.05, 0) is 24.3 Å². The normalized spacial score (nSPS) is 24.3. The summed E-state index contributed by atoms with van der Waals surface area (Å²) >= 11 is 5.75. The molecule has 0 amide bonds. The lowest BCUT2D eigenvalue weighted by Crippen LogP contribution is -2.30. The molecule has 0 radical (unpaired) electrons. The lowest BCUT2D eigenvalue weighted by atomic mass is 10.2. The van der Waals surface area contributed by atoms with E-state index in [-0.39, 0.29) is 6.10 Å². The molecule has 2 rings (SSSR count). The van der Waals surface area contributed by atoms with Gasteiger partial charge >= 0.3 is 5.97 Å². The van der Waals surface area contributed by atoms with E-state index in [0.717, 1.165) is 0 Å². The van der Waals surface area contributed by atoms with Crippen molar-refractivity contribution < 1.29 is 14.6 Å². The van der Waals surface area contributed by atoms with Crippen LogP contribution in [-0.2, 0) is 4.79 Å². The van der Waals surface area contributed by atoms with Crippen molar-refractivity contribution in [2.75, 3.05) is 6.54 Å². The molecule has 4 nitrogen and oxygen atoms in total. The Kier molecular flexibility index (Phi) is 3.31. The smallest absolute Gasteiger partial charge is 0.320 e. The highest BCUT2D eigenvalue weighted by Gasteiger charge is 2.30. The van der Waals surface area contributed by atoms with Crippen molar-refractivity contribution in [1.29, 1.82) is 0 Å². The van der Waals surface area contributed by atoms with Crippen LogP contribution in [0.1, 0.15) is 6.42 Å². The van der Waals surface area contributed by atoms with E-state index in [2.05, 4.69) is 5.32 Å². The standard InChI is InChI=1S/C11H12ClNO3/c12-7-1-3-8(4-2-7)16-9-5-10(11(14)15)13-6-9/h1-4,9-10,13H,5-6H2,(H,14,15)/t9-,10?/m0/s1. The van der Waals surface area contributed by atoms with Gasteiger partial charge in [-0.1, -0.05) is 11.6 Å². The first-order chi connectivity index (χ1) is 7.65. The number of carboxylic acids is 1. The van der Waals surface area contributed by atoms with Crippen LogP contribution in [0.3, 0.4) is 0 Å². The van der Waals surface area contributed by atoms with Crippen LogP contribution in [0.5, 0.6) is 5.75 Å². The zero-order chi connectivity index (χ0) is 11.5. The third-order valence-corrected chi connectivity index (χ3v) is 2.76. The average molecular weight is 242 g/mol. The molecule has 0 saturated carbocycles. The van der Waals surface area contributed by atoms with Gasteiger partial charge in [0.1, 0.15) is 17.9 Å². The monoisotopic (exact) mass is 241 g/mol. The number of carbonyl (C=O) groups is 1. The molecule has 0 spiro atoms. The number of aliphatic carboxylic acids is 1. The van der Waals surface area contributed by atoms with E-state index < -0.39 is 12.0 Å². The molecule has 0 aromatic heterocycles. The second-order valence-corrected chi connectivity index (χ2v) is 4.16. The lowest BCUT2D eigenvalue weighted by molar-refractivity contribution is -0.139. The fourth-order valence-electron chi connectivity index (χ4n) is 1.69.